The highest BCUT2D eigenvalue weighted by molar-refractivity contribution is 7.92. The van der Waals surface area contributed by atoms with E-state index in [1.807, 2.05) is 0 Å². The largest absolute Gasteiger partial charge is 0.496 e. The predicted molar refractivity (Wildman–Crippen MR) is 111 cm³/mol. The Balaban J connectivity index is 1.99. The smallest absolute Gasteiger partial charge is 0.241 e. The molecule has 0 radical (unpaired) electrons. The molecule has 0 aliphatic carbocycles. The van der Waals surface area contributed by atoms with Crippen LogP contribution in [-0.4, -0.2) is 56.7 Å². The Bertz CT molecular complexity index is 1020. The molecule has 9 nitrogen and oxygen atoms in total. The number of aromatic nitrogens is 2. The number of carbonyl (C=O) groups is 1. The van der Waals surface area contributed by atoms with Crippen molar-refractivity contribution in [3.8, 4) is 5.75 Å². The fourth-order valence-corrected chi connectivity index (χ4v) is 4.60. The van der Waals surface area contributed by atoms with Crippen molar-refractivity contribution in [2.75, 3.05) is 36.5 Å². The summed E-state index contributed by atoms with van der Waals surface area (Å²) in [4.78, 5) is 21.2. The van der Waals surface area contributed by atoms with E-state index in [0.717, 1.165) is 6.26 Å². The van der Waals surface area contributed by atoms with E-state index in [0.29, 0.717) is 36.7 Å². The Kier molecular flexibility index (Phi) is 6.25. The monoisotopic (exact) mass is 439 g/mol. The number of hydrogen-bond donors (Lipinski definition) is 2. The minimum atomic E-state index is -3.63. The summed E-state index contributed by atoms with van der Waals surface area (Å²) in [6.45, 7) is 1.38. The standard InChI is InChI=1S/C18H22ClN5O4S/c1-28-15-4-3-11(19)9-13(15)16(25)14-10-22-18(23-17(14)20)24(29(2,26)27)12-5-7-21-8-6-12/h3-4,9-10,12,21H,5-8H2,1-2H3,(H2,20,22,23). The average molecular weight is 440 g/mol. The number of sulfonamides is 1. The number of nitrogens with one attached hydrogen (secondary N) is 1. The van der Waals surface area contributed by atoms with Crippen LogP contribution in [0.3, 0.4) is 0 Å². The van der Waals surface area contributed by atoms with Gasteiger partial charge in [0.2, 0.25) is 21.8 Å². The van der Waals surface area contributed by atoms with Crippen LogP contribution in [-0.2, 0) is 10.0 Å². The third-order valence-electron chi connectivity index (χ3n) is 4.65. The van der Waals surface area contributed by atoms with Crippen molar-refractivity contribution >= 4 is 39.2 Å². The number of nitrogen functional groups attached to an aromatic ring is 1. The minimum absolute atomic E-state index is 0.0353. The zero-order valence-electron chi connectivity index (χ0n) is 16.1. The topological polar surface area (TPSA) is 128 Å². The highest BCUT2D eigenvalue weighted by atomic mass is 35.5. The van der Waals surface area contributed by atoms with E-state index >= 15 is 0 Å². The number of nitrogens with two attached hydrogens (primary N) is 1. The first-order chi connectivity index (χ1) is 13.7. The van der Waals surface area contributed by atoms with Crippen molar-refractivity contribution in [3.05, 3.63) is 40.5 Å². The van der Waals surface area contributed by atoms with E-state index < -0.39 is 15.8 Å². The van der Waals surface area contributed by atoms with Gasteiger partial charge in [0.05, 0.1) is 30.5 Å². The number of carbonyl (C=O) groups excluding carboxylic acids is 1. The van der Waals surface area contributed by atoms with Crippen molar-refractivity contribution in [1.82, 2.24) is 15.3 Å². The van der Waals surface area contributed by atoms with Gasteiger partial charge in [-0.1, -0.05) is 11.6 Å². The number of ketones is 1. The molecule has 11 heteroatoms. The molecule has 1 aliphatic rings. The molecule has 0 spiro atoms. The number of benzene rings is 1. The number of anilines is 2. The Morgan fingerprint density at radius 3 is 2.59 bits per heavy atom. The lowest BCUT2D eigenvalue weighted by Gasteiger charge is -2.32. The maximum atomic E-state index is 12.9. The number of methoxy groups -OCH3 is 1. The number of halogens is 1. The molecular weight excluding hydrogens is 418 g/mol. The lowest BCUT2D eigenvalue weighted by molar-refractivity contribution is 0.103. The molecule has 0 amide bonds. The highest BCUT2D eigenvalue weighted by Crippen LogP contribution is 2.28. The number of nitrogens with zero attached hydrogens (tertiary/aromatic N) is 3. The normalized spacial score (nSPS) is 15.1. The van der Waals surface area contributed by atoms with Gasteiger partial charge in [-0.15, -0.1) is 0 Å². The molecule has 1 aromatic heterocycles. The number of ether oxygens (including phenoxy) is 1. The fourth-order valence-electron chi connectivity index (χ4n) is 3.29. The van der Waals surface area contributed by atoms with Crippen LogP contribution in [0.15, 0.2) is 24.4 Å². The molecule has 0 unspecified atom stereocenters. The Hall–Kier alpha value is -2.43. The lowest BCUT2D eigenvalue weighted by Crippen LogP contribution is -2.46. The van der Waals surface area contributed by atoms with E-state index in [1.165, 1.54) is 23.7 Å². The van der Waals surface area contributed by atoms with Gasteiger partial charge >= 0.3 is 0 Å². The quantitative estimate of drug-likeness (QED) is 0.647. The molecule has 156 valence electrons. The number of rotatable bonds is 6. The first-order valence-corrected chi connectivity index (χ1v) is 11.2. The molecule has 2 heterocycles. The predicted octanol–water partition coefficient (Wildman–Crippen LogP) is 1.47. The fraction of sp³-hybridized carbons (Fsp3) is 0.389. The third-order valence-corrected chi connectivity index (χ3v) is 6.06. The van der Waals surface area contributed by atoms with E-state index in [1.54, 1.807) is 12.1 Å². The van der Waals surface area contributed by atoms with E-state index in [4.69, 9.17) is 22.1 Å². The number of hydrogen-bond acceptors (Lipinski definition) is 8. The van der Waals surface area contributed by atoms with Crippen LogP contribution in [0.25, 0.3) is 0 Å². The van der Waals surface area contributed by atoms with Gasteiger partial charge in [-0.3, -0.25) is 4.79 Å². The first kappa shape index (κ1) is 21.3. The molecule has 1 fully saturated rings. The molecule has 29 heavy (non-hydrogen) atoms. The van der Waals surface area contributed by atoms with Crippen molar-refractivity contribution in [2.45, 2.75) is 18.9 Å². The van der Waals surface area contributed by atoms with Gasteiger partial charge in [-0.05, 0) is 44.1 Å². The van der Waals surface area contributed by atoms with Gasteiger partial charge in [0.25, 0.3) is 0 Å². The highest BCUT2D eigenvalue weighted by Gasteiger charge is 2.31. The molecule has 0 bridgehead atoms. The van der Waals surface area contributed by atoms with Crippen molar-refractivity contribution < 1.29 is 17.9 Å². The zero-order valence-corrected chi connectivity index (χ0v) is 17.6. The Labute approximate surface area is 174 Å². The van der Waals surface area contributed by atoms with Crippen LogP contribution in [0.2, 0.25) is 5.02 Å². The van der Waals surface area contributed by atoms with Crippen LogP contribution in [0.1, 0.15) is 28.8 Å². The molecule has 2 aromatic rings. The van der Waals surface area contributed by atoms with Gasteiger partial charge in [-0.25, -0.2) is 17.7 Å². The summed E-state index contributed by atoms with van der Waals surface area (Å²) in [6.07, 6.45) is 3.58. The molecular formula is C18H22ClN5O4S. The third kappa shape index (κ3) is 4.60. The molecule has 3 rings (SSSR count). The molecule has 1 saturated heterocycles. The first-order valence-electron chi connectivity index (χ1n) is 8.93. The maximum absolute atomic E-state index is 12.9. The van der Waals surface area contributed by atoms with Crippen LogP contribution < -0.4 is 20.1 Å². The number of piperidine rings is 1. The molecule has 3 N–H and O–H groups in total. The van der Waals surface area contributed by atoms with Crippen LogP contribution in [0.5, 0.6) is 5.75 Å². The van der Waals surface area contributed by atoms with Gasteiger partial charge in [0, 0.05) is 11.2 Å². The maximum Gasteiger partial charge on any atom is 0.241 e. The van der Waals surface area contributed by atoms with Crippen LogP contribution >= 0.6 is 11.6 Å². The lowest BCUT2D eigenvalue weighted by atomic mass is 10.0. The van der Waals surface area contributed by atoms with E-state index in [9.17, 15) is 13.2 Å². The van der Waals surface area contributed by atoms with Crippen molar-refractivity contribution in [2.24, 2.45) is 0 Å². The second-order valence-corrected chi connectivity index (χ2v) is 8.98. The summed E-state index contributed by atoms with van der Waals surface area (Å²) in [5, 5.41) is 3.55. The van der Waals surface area contributed by atoms with Gasteiger partial charge < -0.3 is 15.8 Å². The summed E-state index contributed by atoms with van der Waals surface area (Å²) in [6, 6.07) is 4.36. The van der Waals surface area contributed by atoms with Crippen molar-refractivity contribution in [3.63, 3.8) is 0 Å². The summed E-state index contributed by atoms with van der Waals surface area (Å²) in [5.74, 6) is -0.312. The summed E-state index contributed by atoms with van der Waals surface area (Å²) >= 11 is 6.00. The summed E-state index contributed by atoms with van der Waals surface area (Å²) in [7, 11) is -2.20. The molecule has 0 atom stereocenters. The van der Waals surface area contributed by atoms with Gasteiger partial charge in [0.15, 0.2) is 0 Å². The van der Waals surface area contributed by atoms with E-state index in [-0.39, 0.29) is 28.9 Å². The van der Waals surface area contributed by atoms with E-state index in [2.05, 4.69) is 15.3 Å². The average Bonchev–Trinajstić information content (AvgIpc) is 2.67. The Morgan fingerprint density at radius 2 is 2.00 bits per heavy atom. The van der Waals surface area contributed by atoms with Crippen molar-refractivity contribution in [1.29, 1.82) is 0 Å². The zero-order chi connectivity index (χ0) is 21.2. The molecule has 1 aliphatic heterocycles. The molecule has 1 aromatic carbocycles. The summed E-state index contributed by atoms with van der Waals surface area (Å²) < 4.78 is 31.2. The van der Waals surface area contributed by atoms with Gasteiger partial charge in [0.1, 0.15) is 11.6 Å². The van der Waals surface area contributed by atoms with Crippen LogP contribution in [0.4, 0.5) is 11.8 Å². The Morgan fingerprint density at radius 1 is 1.31 bits per heavy atom. The second-order valence-electron chi connectivity index (χ2n) is 6.68. The minimum Gasteiger partial charge on any atom is -0.496 e. The SMILES string of the molecule is COc1ccc(Cl)cc1C(=O)c1cnc(N(C2CCNCC2)S(C)(=O)=O)nc1N. The summed E-state index contributed by atoms with van der Waals surface area (Å²) in [5.41, 5.74) is 6.27. The van der Waals surface area contributed by atoms with Gasteiger partial charge in [-0.2, -0.15) is 4.98 Å². The second kappa shape index (κ2) is 8.52. The van der Waals surface area contributed by atoms with Crippen LogP contribution in [0, 0.1) is 0 Å². The molecule has 0 saturated carbocycles.